The van der Waals surface area contributed by atoms with Gasteiger partial charge in [0.1, 0.15) is 6.61 Å². The van der Waals surface area contributed by atoms with Crippen LogP contribution in [0.5, 0.6) is 0 Å². The quantitative estimate of drug-likeness (QED) is 0.286. The molecule has 10 heteroatoms. The molecule has 0 spiro atoms. The molecule has 0 aliphatic carbocycles. The molecule has 4 N–H and O–H groups in total. The van der Waals surface area contributed by atoms with Gasteiger partial charge in [-0.1, -0.05) is 20.8 Å². The molecule has 1 heterocycles. The van der Waals surface area contributed by atoms with E-state index >= 15 is 0 Å². The van der Waals surface area contributed by atoms with Crippen molar-refractivity contribution in [3.63, 3.8) is 0 Å². The van der Waals surface area contributed by atoms with Crippen molar-refractivity contribution in [1.82, 2.24) is 20.4 Å². The third-order valence-electron chi connectivity index (χ3n) is 4.25. The Balaban J connectivity index is 0. The first-order valence-electron chi connectivity index (χ1n) is 11.2. The van der Waals surface area contributed by atoms with Gasteiger partial charge in [0, 0.05) is 65.6 Å². The summed E-state index contributed by atoms with van der Waals surface area (Å²) in [5.41, 5.74) is 0. The zero-order valence-electron chi connectivity index (χ0n) is 20.2. The molecule has 0 unspecified atom stereocenters. The molecule has 0 aromatic heterocycles. The first-order valence-corrected chi connectivity index (χ1v) is 11.2. The highest BCUT2D eigenvalue weighted by Gasteiger charge is 2.13. The molecule has 184 valence electrons. The van der Waals surface area contributed by atoms with Crippen molar-refractivity contribution in [3.8, 4) is 0 Å². The number of aliphatic hydroxyl groups excluding tert-OH is 2. The minimum absolute atomic E-state index is 0.00592. The van der Waals surface area contributed by atoms with Gasteiger partial charge in [-0.05, 0) is 7.05 Å². The highest BCUT2D eigenvalue weighted by Crippen LogP contribution is 1.97. The van der Waals surface area contributed by atoms with Crippen LogP contribution in [0, 0.1) is 0 Å². The van der Waals surface area contributed by atoms with E-state index in [1.165, 1.54) is 0 Å². The van der Waals surface area contributed by atoms with E-state index in [1.807, 2.05) is 20.9 Å². The second-order valence-corrected chi connectivity index (χ2v) is 6.68. The summed E-state index contributed by atoms with van der Waals surface area (Å²) in [5, 5.41) is 23.1. The van der Waals surface area contributed by atoms with Crippen LogP contribution in [0.3, 0.4) is 0 Å². The molecule has 31 heavy (non-hydrogen) atoms. The predicted octanol–water partition coefficient (Wildman–Crippen LogP) is -0.301. The number of carbonyl (C=O) groups excluding carboxylic acids is 2. The van der Waals surface area contributed by atoms with Gasteiger partial charge in [-0.2, -0.15) is 0 Å². The monoisotopic (exact) mass is 447 g/mol. The number of hydrogen-bond donors (Lipinski definition) is 4. The van der Waals surface area contributed by atoms with Gasteiger partial charge in [0.2, 0.25) is 11.8 Å². The summed E-state index contributed by atoms with van der Waals surface area (Å²) in [4.78, 5) is 30.0. The molecule has 0 bridgehead atoms. The zero-order valence-corrected chi connectivity index (χ0v) is 20.2. The van der Waals surface area contributed by atoms with E-state index in [4.69, 9.17) is 14.9 Å². The Kier molecular flexibility index (Phi) is 23.2. The molecule has 0 fully saturated rings. The van der Waals surface area contributed by atoms with Gasteiger partial charge in [0.25, 0.3) is 0 Å². The van der Waals surface area contributed by atoms with Crippen LogP contribution in [0.15, 0.2) is 4.99 Å². The Morgan fingerprint density at radius 3 is 2.10 bits per heavy atom. The highest BCUT2D eigenvalue weighted by atomic mass is 16.5. The van der Waals surface area contributed by atoms with E-state index in [-0.39, 0.29) is 25.0 Å². The lowest BCUT2D eigenvalue weighted by Crippen LogP contribution is -2.40. The van der Waals surface area contributed by atoms with Gasteiger partial charge in [0.15, 0.2) is 5.90 Å². The largest absolute Gasteiger partial charge is 0.479 e. The van der Waals surface area contributed by atoms with Crippen molar-refractivity contribution in [2.24, 2.45) is 4.99 Å². The number of rotatable bonds is 13. The van der Waals surface area contributed by atoms with Gasteiger partial charge >= 0.3 is 0 Å². The fourth-order valence-electron chi connectivity index (χ4n) is 2.38. The fraction of sp³-hybridized carbons (Fsp3) is 0.857. The maximum Gasteiger partial charge on any atom is 0.222 e. The van der Waals surface area contributed by atoms with E-state index in [2.05, 4.69) is 15.6 Å². The molecule has 0 saturated heterocycles. The summed E-state index contributed by atoms with van der Waals surface area (Å²) < 4.78 is 5.05. The van der Waals surface area contributed by atoms with Gasteiger partial charge in [0.05, 0.1) is 19.8 Å². The van der Waals surface area contributed by atoms with E-state index < -0.39 is 0 Å². The number of carbonyl (C=O) groups is 2. The first-order chi connectivity index (χ1) is 14.9. The Hall–Kier alpha value is -1.75. The molecule has 0 atom stereocenters. The molecule has 1 aliphatic heterocycles. The summed E-state index contributed by atoms with van der Waals surface area (Å²) in [5.74, 6) is 0.985. The van der Waals surface area contributed by atoms with E-state index in [0.717, 1.165) is 38.6 Å². The Bertz CT molecular complexity index is 471. The number of hydrogen-bond acceptors (Lipinski definition) is 8. The van der Waals surface area contributed by atoms with Crippen molar-refractivity contribution in [2.75, 3.05) is 79.7 Å². The number of nitrogens with one attached hydrogen (secondary N) is 2. The predicted molar refractivity (Wildman–Crippen MR) is 124 cm³/mol. The third-order valence-corrected chi connectivity index (χ3v) is 4.25. The average molecular weight is 448 g/mol. The summed E-state index contributed by atoms with van der Waals surface area (Å²) in [7, 11) is 3.63. The number of nitrogens with zero attached hydrogens (tertiary/aromatic N) is 3. The number of likely N-dealkylation sites (N-methyl/N-ethyl adjacent to an activating group) is 2. The molecule has 0 radical (unpaired) electrons. The van der Waals surface area contributed by atoms with Gasteiger partial charge in [-0.25, -0.2) is 0 Å². The van der Waals surface area contributed by atoms with Crippen molar-refractivity contribution in [1.29, 1.82) is 0 Å². The molecule has 1 aliphatic rings. The summed E-state index contributed by atoms with van der Waals surface area (Å²) >= 11 is 0. The van der Waals surface area contributed by atoms with Crippen LogP contribution >= 0.6 is 0 Å². The summed E-state index contributed by atoms with van der Waals surface area (Å²) in [6, 6.07) is 0. The van der Waals surface area contributed by atoms with Crippen LogP contribution in [-0.2, 0) is 14.3 Å². The lowest BCUT2D eigenvalue weighted by molar-refractivity contribution is -0.134. The molecular formula is C21H45N5O5. The lowest BCUT2D eigenvalue weighted by atomic mass is 10.3. The Morgan fingerprint density at radius 1 is 1.00 bits per heavy atom. The minimum atomic E-state index is -0.0445. The van der Waals surface area contributed by atoms with Gasteiger partial charge in [-0.15, -0.1) is 0 Å². The highest BCUT2D eigenvalue weighted by molar-refractivity contribution is 5.77. The SMILES string of the molecule is CCC(=O)N(C)CCN(CCO)C(=O)CC.CCC1=NCCO1.CNCCNCCO. The van der Waals surface area contributed by atoms with Crippen LogP contribution in [0.4, 0.5) is 0 Å². The molecule has 10 nitrogen and oxygen atoms in total. The van der Waals surface area contributed by atoms with E-state index in [1.54, 1.807) is 23.8 Å². The third kappa shape index (κ3) is 18.7. The Morgan fingerprint density at radius 2 is 1.68 bits per heavy atom. The second-order valence-electron chi connectivity index (χ2n) is 6.68. The van der Waals surface area contributed by atoms with Crippen molar-refractivity contribution < 1.29 is 24.5 Å². The minimum Gasteiger partial charge on any atom is -0.479 e. The van der Waals surface area contributed by atoms with Crippen LogP contribution in [-0.4, -0.2) is 117 Å². The van der Waals surface area contributed by atoms with Crippen LogP contribution in [0.1, 0.15) is 40.0 Å². The smallest absolute Gasteiger partial charge is 0.222 e. The van der Waals surface area contributed by atoms with Crippen LogP contribution in [0.25, 0.3) is 0 Å². The average Bonchev–Trinajstić information content (AvgIpc) is 3.33. The normalized spacial score (nSPS) is 11.9. The van der Waals surface area contributed by atoms with Crippen molar-refractivity contribution in [2.45, 2.75) is 40.0 Å². The standard InChI is InChI=1S/C11H22N2O3.C5H14N2O.C5H9NO/c1-4-10(15)12(3)6-7-13(8-9-14)11(16)5-2;1-6-2-3-7-4-5-8;1-2-5-6-3-4-7-5/h14H,4-9H2,1-3H3;6-8H,2-5H2,1H3;2-4H2,1H3. The summed E-state index contributed by atoms with van der Waals surface area (Å²) in [6.45, 7) is 11.4. The van der Waals surface area contributed by atoms with E-state index in [0.29, 0.717) is 39.0 Å². The maximum atomic E-state index is 11.5. The Labute approximate surface area is 188 Å². The van der Waals surface area contributed by atoms with Crippen molar-refractivity contribution in [3.05, 3.63) is 0 Å². The summed E-state index contributed by atoms with van der Waals surface area (Å²) in [6.07, 6.45) is 1.84. The topological polar surface area (TPSA) is 127 Å². The molecule has 0 saturated carbocycles. The van der Waals surface area contributed by atoms with Crippen molar-refractivity contribution >= 4 is 17.7 Å². The second kappa shape index (κ2) is 22.9. The number of aliphatic hydroxyl groups is 2. The first kappa shape index (κ1) is 31.4. The number of aliphatic imine (C=N–C) groups is 1. The molecular weight excluding hydrogens is 402 g/mol. The number of ether oxygens (including phenoxy) is 1. The molecule has 1 rings (SSSR count). The maximum absolute atomic E-state index is 11.5. The zero-order chi connectivity index (χ0) is 23.9. The molecule has 0 aromatic rings. The molecule has 0 aromatic carbocycles. The fourth-order valence-corrected chi connectivity index (χ4v) is 2.38. The van der Waals surface area contributed by atoms with E-state index in [9.17, 15) is 9.59 Å². The lowest BCUT2D eigenvalue weighted by Gasteiger charge is -2.24. The van der Waals surface area contributed by atoms with Crippen LogP contribution in [0.2, 0.25) is 0 Å². The van der Waals surface area contributed by atoms with Gasteiger partial charge < -0.3 is 35.4 Å². The van der Waals surface area contributed by atoms with Crippen LogP contribution < -0.4 is 10.6 Å². The van der Waals surface area contributed by atoms with Gasteiger partial charge in [-0.3, -0.25) is 14.6 Å². The molecule has 2 amide bonds. The number of amides is 2.